The minimum atomic E-state index is -0.590. The SMILES string of the molecule is CNC(=O)c1c(-c2ccc(F)cc2)oc2ccc(-c3cc(C(=O)NC(C)(C)c4ccccc4)ccc3OC)cc12. The van der Waals surface area contributed by atoms with Gasteiger partial charge in [-0.3, -0.25) is 9.59 Å². The smallest absolute Gasteiger partial charge is 0.255 e. The van der Waals surface area contributed by atoms with E-state index < -0.39 is 5.54 Å². The molecule has 0 bridgehead atoms. The molecule has 1 aromatic heterocycles. The largest absolute Gasteiger partial charge is 0.496 e. The Hall–Kier alpha value is -4.91. The molecule has 4 aromatic carbocycles. The lowest BCUT2D eigenvalue weighted by Crippen LogP contribution is -2.40. The van der Waals surface area contributed by atoms with E-state index in [9.17, 15) is 14.0 Å². The minimum Gasteiger partial charge on any atom is -0.496 e. The summed E-state index contributed by atoms with van der Waals surface area (Å²) in [7, 11) is 3.11. The number of rotatable bonds is 7. The Bertz CT molecular complexity index is 1710. The Labute approximate surface area is 231 Å². The molecule has 0 saturated carbocycles. The fourth-order valence-electron chi connectivity index (χ4n) is 4.78. The second kappa shape index (κ2) is 10.7. The summed E-state index contributed by atoms with van der Waals surface area (Å²) >= 11 is 0. The fourth-order valence-corrected chi connectivity index (χ4v) is 4.78. The number of amides is 2. The van der Waals surface area contributed by atoms with E-state index >= 15 is 0 Å². The summed E-state index contributed by atoms with van der Waals surface area (Å²) in [6, 6.07) is 26.3. The van der Waals surface area contributed by atoms with E-state index in [1.165, 1.54) is 12.1 Å². The summed E-state index contributed by atoms with van der Waals surface area (Å²) in [5.41, 5.74) is 3.69. The number of hydrogen-bond acceptors (Lipinski definition) is 4. The van der Waals surface area contributed by atoms with Crippen molar-refractivity contribution in [3.05, 3.63) is 114 Å². The predicted octanol–water partition coefficient (Wildman–Crippen LogP) is 6.94. The third-order valence-corrected chi connectivity index (χ3v) is 6.94. The maximum Gasteiger partial charge on any atom is 0.255 e. The summed E-state index contributed by atoms with van der Waals surface area (Å²) in [6.07, 6.45) is 0. The van der Waals surface area contributed by atoms with Crippen molar-refractivity contribution in [1.82, 2.24) is 10.6 Å². The Morgan fingerprint density at radius 1 is 0.850 bits per heavy atom. The molecule has 6 nitrogen and oxygen atoms in total. The molecule has 7 heteroatoms. The molecule has 5 aromatic rings. The van der Waals surface area contributed by atoms with E-state index in [0.29, 0.717) is 44.7 Å². The Kier molecular flexibility index (Phi) is 7.13. The number of furan rings is 1. The summed E-state index contributed by atoms with van der Waals surface area (Å²) in [5, 5.41) is 6.37. The van der Waals surface area contributed by atoms with E-state index in [1.807, 2.05) is 56.3 Å². The van der Waals surface area contributed by atoms with Crippen LogP contribution < -0.4 is 15.4 Å². The third kappa shape index (κ3) is 5.06. The van der Waals surface area contributed by atoms with Gasteiger partial charge in [0.15, 0.2) is 0 Å². The van der Waals surface area contributed by atoms with Crippen molar-refractivity contribution in [3.63, 3.8) is 0 Å². The van der Waals surface area contributed by atoms with Crippen LogP contribution in [-0.2, 0) is 5.54 Å². The van der Waals surface area contributed by atoms with Gasteiger partial charge >= 0.3 is 0 Å². The van der Waals surface area contributed by atoms with Crippen molar-refractivity contribution in [1.29, 1.82) is 0 Å². The monoisotopic (exact) mass is 536 g/mol. The van der Waals surface area contributed by atoms with Gasteiger partial charge in [-0.25, -0.2) is 4.39 Å². The first-order chi connectivity index (χ1) is 19.2. The van der Waals surface area contributed by atoms with Crippen LogP contribution in [0.5, 0.6) is 5.75 Å². The Balaban J connectivity index is 1.58. The zero-order valence-corrected chi connectivity index (χ0v) is 22.7. The fraction of sp³-hybridized carbons (Fsp3) is 0.152. The van der Waals surface area contributed by atoms with Crippen LogP contribution >= 0.6 is 0 Å². The molecule has 1 heterocycles. The van der Waals surface area contributed by atoms with Crippen LogP contribution in [0.3, 0.4) is 0 Å². The van der Waals surface area contributed by atoms with Gasteiger partial charge in [-0.15, -0.1) is 0 Å². The molecule has 2 amide bonds. The lowest BCUT2D eigenvalue weighted by Gasteiger charge is -2.27. The van der Waals surface area contributed by atoms with Gasteiger partial charge in [0.2, 0.25) is 0 Å². The number of benzene rings is 4. The van der Waals surface area contributed by atoms with E-state index in [2.05, 4.69) is 10.6 Å². The summed E-state index contributed by atoms with van der Waals surface area (Å²) in [4.78, 5) is 26.3. The number of methoxy groups -OCH3 is 1. The lowest BCUT2D eigenvalue weighted by atomic mass is 9.93. The molecular weight excluding hydrogens is 507 g/mol. The van der Waals surface area contributed by atoms with Crippen LogP contribution in [0, 0.1) is 5.82 Å². The van der Waals surface area contributed by atoms with Crippen LogP contribution in [0.2, 0.25) is 0 Å². The number of carbonyl (C=O) groups excluding carboxylic acids is 2. The van der Waals surface area contributed by atoms with Gasteiger partial charge in [0, 0.05) is 29.1 Å². The van der Waals surface area contributed by atoms with Crippen LogP contribution in [0.1, 0.15) is 40.1 Å². The number of carbonyl (C=O) groups is 2. The van der Waals surface area contributed by atoms with Crippen LogP contribution in [0.15, 0.2) is 95.4 Å². The highest BCUT2D eigenvalue weighted by atomic mass is 19.1. The summed E-state index contributed by atoms with van der Waals surface area (Å²) in [6.45, 7) is 3.91. The van der Waals surface area contributed by atoms with Crippen molar-refractivity contribution in [2.75, 3.05) is 14.2 Å². The van der Waals surface area contributed by atoms with Crippen molar-refractivity contribution in [3.8, 4) is 28.2 Å². The highest BCUT2D eigenvalue weighted by Crippen LogP contribution is 2.38. The lowest BCUT2D eigenvalue weighted by molar-refractivity contribution is 0.0910. The first-order valence-electron chi connectivity index (χ1n) is 12.8. The van der Waals surface area contributed by atoms with E-state index in [1.54, 1.807) is 50.6 Å². The molecule has 40 heavy (non-hydrogen) atoms. The molecule has 0 saturated heterocycles. The maximum atomic E-state index is 13.6. The van der Waals surface area contributed by atoms with Gasteiger partial charge in [-0.05, 0) is 79.6 Å². The van der Waals surface area contributed by atoms with Gasteiger partial charge in [0.25, 0.3) is 11.8 Å². The number of fused-ring (bicyclic) bond motifs is 1. The van der Waals surface area contributed by atoms with Gasteiger partial charge in [0.05, 0.1) is 18.2 Å². The molecule has 202 valence electrons. The Morgan fingerprint density at radius 3 is 2.23 bits per heavy atom. The molecule has 0 unspecified atom stereocenters. The molecule has 5 rings (SSSR count). The number of halogens is 1. The van der Waals surface area contributed by atoms with Gasteiger partial charge in [-0.1, -0.05) is 36.4 Å². The molecular formula is C33H29FN2O4. The average molecular weight is 537 g/mol. The molecule has 0 spiro atoms. The van der Waals surface area contributed by atoms with E-state index in [0.717, 1.165) is 11.1 Å². The zero-order chi connectivity index (χ0) is 28.4. The molecule has 0 aliphatic rings. The highest BCUT2D eigenvalue weighted by molar-refractivity contribution is 6.12. The molecule has 2 N–H and O–H groups in total. The third-order valence-electron chi connectivity index (χ3n) is 6.94. The predicted molar refractivity (Wildman–Crippen MR) is 154 cm³/mol. The maximum absolute atomic E-state index is 13.6. The molecule has 0 aliphatic heterocycles. The Morgan fingerprint density at radius 2 is 1.55 bits per heavy atom. The normalized spacial score (nSPS) is 11.3. The summed E-state index contributed by atoms with van der Waals surface area (Å²) < 4.78 is 25.3. The number of ether oxygens (including phenoxy) is 1. The van der Waals surface area contributed by atoms with Crippen LogP contribution in [-0.4, -0.2) is 26.0 Å². The van der Waals surface area contributed by atoms with Crippen molar-refractivity contribution >= 4 is 22.8 Å². The summed E-state index contributed by atoms with van der Waals surface area (Å²) in [5.74, 6) is -0.0336. The minimum absolute atomic E-state index is 0.230. The quantitative estimate of drug-likeness (QED) is 0.236. The molecule has 0 aliphatic carbocycles. The topological polar surface area (TPSA) is 80.6 Å². The van der Waals surface area contributed by atoms with Gasteiger partial charge in [0.1, 0.15) is 22.9 Å². The number of hydrogen-bond donors (Lipinski definition) is 2. The first kappa shape index (κ1) is 26.7. The zero-order valence-electron chi connectivity index (χ0n) is 22.7. The second-order valence-electron chi connectivity index (χ2n) is 9.96. The average Bonchev–Trinajstić information content (AvgIpc) is 3.35. The van der Waals surface area contributed by atoms with Crippen LogP contribution in [0.4, 0.5) is 4.39 Å². The van der Waals surface area contributed by atoms with Gasteiger partial charge in [-0.2, -0.15) is 0 Å². The van der Waals surface area contributed by atoms with Gasteiger partial charge < -0.3 is 19.8 Å². The van der Waals surface area contributed by atoms with Crippen molar-refractivity contribution in [2.45, 2.75) is 19.4 Å². The second-order valence-corrected chi connectivity index (χ2v) is 9.96. The first-order valence-corrected chi connectivity index (χ1v) is 12.8. The van der Waals surface area contributed by atoms with E-state index in [4.69, 9.17) is 9.15 Å². The van der Waals surface area contributed by atoms with Crippen LogP contribution in [0.25, 0.3) is 33.4 Å². The molecule has 0 radical (unpaired) electrons. The van der Waals surface area contributed by atoms with Crippen molar-refractivity contribution < 1.29 is 23.1 Å². The highest BCUT2D eigenvalue weighted by Gasteiger charge is 2.25. The van der Waals surface area contributed by atoms with Crippen molar-refractivity contribution in [2.24, 2.45) is 0 Å². The molecule has 0 fully saturated rings. The number of nitrogens with one attached hydrogen (secondary N) is 2. The molecule has 0 atom stereocenters. The van der Waals surface area contributed by atoms with E-state index in [-0.39, 0.29) is 17.6 Å². The standard InChI is InChI=1S/C33H29FN2O4/c1-33(2,23-8-6-5-7-9-23)36-31(37)22-13-16-27(39-4)25(19-22)21-12-17-28-26(18-21)29(32(38)35-3)30(40-28)20-10-14-24(34)15-11-20/h5-19H,1-4H3,(H,35,38)(H,36,37).